The number of phosphoric acid groups is 2. The van der Waals surface area contributed by atoms with Crippen LogP contribution in [0.5, 0.6) is 0 Å². The minimum atomic E-state index is -4.95. The summed E-state index contributed by atoms with van der Waals surface area (Å²) in [4.78, 5) is 58.6. The quantitative estimate of drug-likeness (QED) is 0.0146. The number of allylic oxidation sites excluding steroid dienone is 26. The molecule has 0 aromatic carbocycles. The molecule has 103 heavy (non-hydrogen) atoms. The molecule has 0 aliphatic carbocycles. The molecule has 0 bridgehead atoms. The van der Waals surface area contributed by atoms with Gasteiger partial charge in [0.2, 0.25) is 0 Å². The fourth-order valence-corrected chi connectivity index (χ4v) is 11.8. The molecule has 0 fully saturated rings. The third-order valence-electron chi connectivity index (χ3n) is 16.2. The average molecular weight is 1480 g/mol. The highest BCUT2D eigenvalue weighted by Crippen LogP contribution is 2.45. The van der Waals surface area contributed by atoms with Gasteiger partial charge < -0.3 is 34.2 Å². The van der Waals surface area contributed by atoms with E-state index in [1.807, 2.05) is 0 Å². The smallest absolute Gasteiger partial charge is 0.463 e. The minimum absolute atomic E-state index is 0.0741. The van der Waals surface area contributed by atoms with Crippen molar-refractivity contribution >= 4 is 33.6 Å². The van der Waals surface area contributed by atoms with E-state index in [9.17, 15) is 43.5 Å². The highest BCUT2D eigenvalue weighted by atomic mass is 31.2. The standard InChI is InChI=1S/C85H142O16P2/c1-4-7-10-13-16-19-22-25-27-29-31-33-34-35-36-37-38-39-40-41-42-43-44-46-48-49-51-54-56-59-62-65-68-71-83(88)95-74-80(86)75-97-102(91,92)98-76-81(87)77-99-103(93,94)100-79-82(101-85(90)73-70-67-64-61-58-53-24-21-18-15-12-9-6-3)78-96-84(89)72-69-66-63-60-57-55-52-50-47-45-32-30-28-26-23-20-17-14-11-8-5-2/h7-8,10-12,15-17,19-21,24-28,31-33,35-36,45,50,52,57,60,80-82,86-87H,4-6,9,13-14,18,22-23,29-30,34,37-44,46-49,51,53-56,58-59,61-79H2,1-3H3,(H,91,92)(H,93,94)/b10-7-,11-8-,15-12-,19-16-,20-17-,24-21-,27-25-,28-26-,33-31-,36-35-,45-32-,52-50-,60-57-. The second kappa shape index (κ2) is 76.8. The normalized spacial score (nSPS) is 14.8. The summed E-state index contributed by atoms with van der Waals surface area (Å²) in [5, 5.41) is 20.6. The van der Waals surface area contributed by atoms with Crippen molar-refractivity contribution in [2.75, 3.05) is 39.6 Å². The van der Waals surface area contributed by atoms with E-state index in [1.54, 1.807) is 0 Å². The van der Waals surface area contributed by atoms with E-state index in [0.717, 1.165) is 154 Å². The number of hydrogen-bond acceptors (Lipinski definition) is 14. The molecule has 18 heteroatoms. The van der Waals surface area contributed by atoms with Crippen LogP contribution in [0.25, 0.3) is 0 Å². The van der Waals surface area contributed by atoms with Gasteiger partial charge in [0.05, 0.1) is 26.4 Å². The molecule has 5 atom stereocenters. The van der Waals surface area contributed by atoms with E-state index >= 15 is 0 Å². The first-order valence-corrected chi connectivity index (χ1v) is 42.8. The molecule has 0 saturated heterocycles. The first-order chi connectivity index (χ1) is 50.2. The lowest BCUT2D eigenvalue weighted by Gasteiger charge is -2.21. The largest absolute Gasteiger partial charge is 0.472 e. The molecule has 4 N–H and O–H groups in total. The summed E-state index contributed by atoms with van der Waals surface area (Å²) in [6, 6.07) is 0. The highest BCUT2D eigenvalue weighted by Gasteiger charge is 2.29. The van der Waals surface area contributed by atoms with Gasteiger partial charge in [0, 0.05) is 19.3 Å². The van der Waals surface area contributed by atoms with Crippen molar-refractivity contribution in [2.24, 2.45) is 0 Å². The van der Waals surface area contributed by atoms with Crippen LogP contribution >= 0.6 is 15.6 Å². The van der Waals surface area contributed by atoms with Gasteiger partial charge in [0.25, 0.3) is 0 Å². The number of unbranched alkanes of at least 4 members (excludes halogenated alkanes) is 25. The molecule has 0 aliphatic heterocycles. The van der Waals surface area contributed by atoms with Crippen molar-refractivity contribution < 1.29 is 75.8 Å². The Kier molecular flexibility index (Phi) is 73.2. The predicted molar refractivity (Wildman–Crippen MR) is 426 cm³/mol. The van der Waals surface area contributed by atoms with Gasteiger partial charge in [-0.15, -0.1) is 0 Å². The van der Waals surface area contributed by atoms with Crippen LogP contribution in [0.3, 0.4) is 0 Å². The van der Waals surface area contributed by atoms with Crippen LogP contribution in [0.1, 0.15) is 303 Å². The Morgan fingerprint density at radius 3 is 0.835 bits per heavy atom. The monoisotopic (exact) mass is 1480 g/mol. The SMILES string of the molecule is CC/C=C\C/C=C\C/C=C\C/C=C\C/C=C\C/C=C\CCCCC(=O)OCC(COP(=O)(O)OCC(O)COP(=O)(O)OCC(O)COC(=O)CCCCCCCCCCCCCCCCCCC/C=C\C/C=C\C/C=C\C/C=C\C/C=C\CC)OC(=O)CCCCCCC/C=C\C/C=C\CCC. The lowest BCUT2D eigenvalue weighted by atomic mass is 10.0. The van der Waals surface area contributed by atoms with Gasteiger partial charge in [0.1, 0.15) is 25.4 Å². The van der Waals surface area contributed by atoms with Gasteiger partial charge in [-0.2, -0.15) is 0 Å². The van der Waals surface area contributed by atoms with E-state index in [4.69, 9.17) is 32.3 Å². The van der Waals surface area contributed by atoms with Crippen molar-refractivity contribution in [3.63, 3.8) is 0 Å². The number of esters is 3. The Balaban J connectivity index is 4.46. The van der Waals surface area contributed by atoms with Crippen LogP contribution in [0.4, 0.5) is 0 Å². The summed E-state index contributed by atoms with van der Waals surface area (Å²) in [6.07, 6.45) is 96.0. The molecule has 588 valence electrons. The summed E-state index contributed by atoms with van der Waals surface area (Å²) < 4.78 is 61.0. The molecule has 0 amide bonds. The first kappa shape index (κ1) is 98.2. The zero-order chi connectivity index (χ0) is 75.2. The Labute approximate surface area is 625 Å². The van der Waals surface area contributed by atoms with E-state index in [2.05, 4.69) is 179 Å². The molecule has 0 saturated carbocycles. The summed E-state index contributed by atoms with van der Waals surface area (Å²) in [5.41, 5.74) is 0. The van der Waals surface area contributed by atoms with Crippen LogP contribution in [0.15, 0.2) is 158 Å². The minimum Gasteiger partial charge on any atom is -0.463 e. The first-order valence-electron chi connectivity index (χ1n) is 39.8. The molecule has 0 aromatic heterocycles. The number of ether oxygens (including phenoxy) is 3. The van der Waals surface area contributed by atoms with E-state index < -0.39 is 91.5 Å². The lowest BCUT2D eigenvalue weighted by molar-refractivity contribution is -0.161. The van der Waals surface area contributed by atoms with Crippen molar-refractivity contribution in [2.45, 2.75) is 322 Å². The van der Waals surface area contributed by atoms with Gasteiger partial charge in [-0.1, -0.05) is 301 Å². The van der Waals surface area contributed by atoms with Crippen molar-refractivity contribution in [3.8, 4) is 0 Å². The van der Waals surface area contributed by atoms with E-state index in [0.29, 0.717) is 19.3 Å². The summed E-state index contributed by atoms with van der Waals surface area (Å²) in [6.45, 7) is 2.31. The number of phosphoric ester groups is 2. The molecule has 16 nitrogen and oxygen atoms in total. The van der Waals surface area contributed by atoms with Crippen LogP contribution in [-0.2, 0) is 55.8 Å². The van der Waals surface area contributed by atoms with Gasteiger partial charge >= 0.3 is 33.6 Å². The van der Waals surface area contributed by atoms with Gasteiger partial charge in [-0.3, -0.25) is 32.5 Å². The maximum atomic E-state index is 12.9. The van der Waals surface area contributed by atoms with Gasteiger partial charge in [0.15, 0.2) is 6.10 Å². The molecule has 5 unspecified atom stereocenters. The van der Waals surface area contributed by atoms with Crippen LogP contribution in [0.2, 0.25) is 0 Å². The summed E-state index contributed by atoms with van der Waals surface area (Å²) in [7, 11) is -9.81. The third kappa shape index (κ3) is 78.1. The Morgan fingerprint density at radius 2 is 0.515 bits per heavy atom. The number of carbonyl (C=O) groups excluding carboxylic acids is 3. The summed E-state index contributed by atoms with van der Waals surface area (Å²) in [5.74, 6) is -1.65. The van der Waals surface area contributed by atoms with Crippen LogP contribution in [-0.4, -0.2) is 95.9 Å². The maximum Gasteiger partial charge on any atom is 0.472 e. The van der Waals surface area contributed by atoms with Crippen molar-refractivity contribution in [1.82, 2.24) is 0 Å². The topological polar surface area (TPSA) is 231 Å². The second-order valence-electron chi connectivity index (χ2n) is 26.1. The molecule has 0 aliphatic rings. The highest BCUT2D eigenvalue weighted by molar-refractivity contribution is 7.47. The molecule has 0 spiro atoms. The maximum absolute atomic E-state index is 12.9. The van der Waals surface area contributed by atoms with Crippen LogP contribution in [0, 0.1) is 0 Å². The van der Waals surface area contributed by atoms with Crippen molar-refractivity contribution in [3.05, 3.63) is 158 Å². The Hall–Kier alpha value is -4.83. The number of aliphatic hydroxyl groups is 2. The van der Waals surface area contributed by atoms with Gasteiger partial charge in [-0.05, 0) is 141 Å². The van der Waals surface area contributed by atoms with Crippen LogP contribution < -0.4 is 0 Å². The zero-order valence-corrected chi connectivity index (χ0v) is 66.0. The average Bonchev–Trinajstić information content (AvgIpc) is 0.944. The third-order valence-corrected chi connectivity index (χ3v) is 18.1. The number of hydrogen-bond donors (Lipinski definition) is 4. The van der Waals surface area contributed by atoms with Gasteiger partial charge in [-0.25, -0.2) is 9.13 Å². The number of carbonyl (C=O) groups is 3. The molecular weight excluding hydrogens is 1340 g/mol. The molecule has 0 aromatic rings. The Bertz CT molecular complexity index is 2500. The second-order valence-corrected chi connectivity index (χ2v) is 29.0. The van der Waals surface area contributed by atoms with Crippen molar-refractivity contribution in [1.29, 1.82) is 0 Å². The van der Waals surface area contributed by atoms with E-state index in [-0.39, 0.29) is 19.3 Å². The molecule has 0 rings (SSSR count). The number of rotatable bonds is 74. The zero-order valence-electron chi connectivity index (χ0n) is 64.2. The lowest BCUT2D eigenvalue weighted by Crippen LogP contribution is -2.30. The van der Waals surface area contributed by atoms with E-state index in [1.165, 1.54) is 89.9 Å². The number of aliphatic hydroxyl groups excluding tert-OH is 2. The fraction of sp³-hybridized carbons (Fsp3) is 0.659. The Morgan fingerprint density at radius 1 is 0.282 bits per heavy atom. The fourth-order valence-electron chi connectivity index (χ4n) is 10.2. The summed E-state index contributed by atoms with van der Waals surface area (Å²) >= 11 is 0. The predicted octanol–water partition coefficient (Wildman–Crippen LogP) is 23.4. The molecule has 0 radical (unpaired) electrons. The molecule has 0 heterocycles. The molecular formula is C85H142O16P2.